The second-order valence-corrected chi connectivity index (χ2v) is 11.2. The van der Waals surface area contributed by atoms with Gasteiger partial charge in [0.05, 0.1) is 12.1 Å². The van der Waals surface area contributed by atoms with Crippen LogP contribution in [0.5, 0.6) is 0 Å². The van der Waals surface area contributed by atoms with Crippen molar-refractivity contribution in [3.63, 3.8) is 0 Å². The van der Waals surface area contributed by atoms with Crippen LogP contribution in [-0.4, -0.2) is 45.1 Å². The van der Waals surface area contributed by atoms with E-state index in [0.717, 1.165) is 22.4 Å². The van der Waals surface area contributed by atoms with Gasteiger partial charge in [-0.25, -0.2) is 4.79 Å². The molecule has 1 N–H and O–H groups in total. The molecule has 3 aromatic carbocycles. The molecule has 1 fully saturated rings. The van der Waals surface area contributed by atoms with Crippen LogP contribution >= 0.6 is 11.8 Å². The SMILES string of the molecule is O=C(Cc1ccccc1)NC1C(=O)N2C(C(=O)OC(c3ccccc3)c3ccccc3)C(/C=C/c3ccccn3)=CSC12. The highest BCUT2D eigenvalue weighted by Gasteiger charge is 2.56. The summed E-state index contributed by atoms with van der Waals surface area (Å²) in [7, 11) is 0. The van der Waals surface area contributed by atoms with E-state index in [1.54, 1.807) is 12.3 Å². The lowest BCUT2D eigenvalue weighted by molar-refractivity contribution is -0.165. The monoisotopic (exact) mass is 587 g/mol. The summed E-state index contributed by atoms with van der Waals surface area (Å²) in [4.78, 5) is 46.3. The molecule has 3 unspecified atom stereocenters. The van der Waals surface area contributed by atoms with E-state index in [9.17, 15) is 14.4 Å². The number of nitrogens with one attached hydrogen (secondary N) is 1. The number of fused-ring (bicyclic) bond motifs is 1. The molecule has 1 saturated heterocycles. The maximum atomic E-state index is 14.1. The normalized spacial score (nSPS) is 19.4. The van der Waals surface area contributed by atoms with Crippen molar-refractivity contribution in [1.29, 1.82) is 0 Å². The number of thioether (sulfide) groups is 1. The molecule has 214 valence electrons. The van der Waals surface area contributed by atoms with Crippen molar-refractivity contribution in [2.24, 2.45) is 0 Å². The standard InChI is InChI=1S/C35H29N3O4S/c39-29(22-24-12-4-1-5-13-24)37-30-33(40)38-31(27(23-43-34(30)38)19-20-28-18-10-11-21-36-28)35(41)42-32(25-14-6-2-7-15-25)26-16-8-3-9-17-26/h1-21,23,30-32,34H,22H2,(H,37,39)/b20-19+. The molecule has 2 aliphatic heterocycles. The van der Waals surface area contributed by atoms with Crippen LogP contribution in [0.4, 0.5) is 0 Å². The summed E-state index contributed by atoms with van der Waals surface area (Å²) < 4.78 is 6.22. The zero-order valence-corrected chi connectivity index (χ0v) is 24.0. The van der Waals surface area contributed by atoms with Crippen LogP contribution in [0.3, 0.4) is 0 Å². The van der Waals surface area contributed by atoms with Gasteiger partial charge in [-0.1, -0.05) is 103 Å². The van der Waals surface area contributed by atoms with Crippen molar-refractivity contribution in [2.45, 2.75) is 30.0 Å². The van der Waals surface area contributed by atoms with Crippen molar-refractivity contribution in [3.8, 4) is 0 Å². The summed E-state index contributed by atoms with van der Waals surface area (Å²) in [6.45, 7) is 0. The zero-order chi connectivity index (χ0) is 29.6. The molecule has 4 aromatic rings. The van der Waals surface area contributed by atoms with Crippen molar-refractivity contribution in [2.75, 3.05) is 0 Å². The van der Waals surface area contributed by atoms with Crippen LogP contribution < -0.4 is 5.32 Å². The summed E-state index contributed by atoms with van der Waals surface area (Å²) in [5, 5.41) is 4.31. The summed E-state index contributed by atoms with van der Waals surface area (Å²) in [5.41, 5.74) is 3.82. The van der Waals surface area contributed by atoms with Gasteiger partial charge in [0.15, 0.2) is 12.1 Å². The number of rotatable bonds is 9. The predicted molar refractivity (Wildman–Crippen MR) is 166 cm³/mol. The molecule has 7 nitrogen and oxygen atoms in total. The van der Waals surface area contributed by atoms with Crippen molar-refractivity contribution < 1.29 is 19.1 Å². The van der Waals surface area contributed by atoms with Crippen LogP contribution in [0.25, 0.3) is 6.08 Å². The number of amides is 2. The number of carbonyl (C=O) groups excluding carboxylic acids is 3. The third kappa shape index (κ3) is 6.29. The Morgan fingerprint density at radius 2 is 1.49 bits per heavy atom. The number of hydrogen-bond acceptors (Lipinski definition) is 6. The Labute approximate surface area is 254 Å². The maximum Gasteiger partial charge on any atom is 0.334 e. The van der Waals surface area contributed by atoms with Crippen LogP contribution in [0.2, 0.25) is 0 Å². The van der Waals surface area contributed by atoms with Crippen molar-refractivity contribution in [3.05, 3.63) is 155 Å². The van der Waals surface area contributed by atoms with E-state index in [0.29, 0.717) is 5.57 Å². The van der Waals surface area contributed by atoms with Gasteiger partial charge in [0.1, 0.15) is 11.4 Å². The number of benzene rings is 3. The predicted octanol–water partition coefficient (Wildman–Crippen LogP) is 5.32. The number of pyridine rings is 1. The lowest BCUT2D eigenvalue weighted by Gasteiger charge is -2.51. The van der Waals surface area contributed by atoms with Gasteiger partial charge in [-0.15, -0.1) is 11.8 Å². The molecule has 1 aromatic heterocycles. The fourth-order valence-electron chi connectivity index (χ4n) is 5.22. The number of carbonyl (C=O) groups is 3. The molecule has 43 heavy (non-hydrogen) atoms. The average molecular weight is 588 g/mol. The Bertz CT molecular complexity index is 1610. The van der Waals surface area contributed by atoms with Gasteiger partial charge in [0, 0.05) is 6.20 Å². The van der Waals surface area contributed by atoms with E-state index < -0.39 is 29.5 Å². The minimum atomic E-state index is -0.990. The summed E-state index contributed by atoms with van der Waals surface area (Å²) >= 11 is 1.40. The highest BCUT2D eigenvalue weighted by atomic mass is 32.2. The van der Waals surface area contributed by atoms with Crippen molar-refractivity contribution in [1.82, 2.24) is 15.2 Å². The molecule has 3 heterocycles. The molecule has 0 saturated carbocycles. The van der Waals surface area contributed by atoms with E-state index in [-0.39, 0.29) is 18.2 Å². The quantitative estimate of drug-likeness (QED) is 0.211. The van der Waals surface area contributed by atoms with Gasteiger partial charge < -0.3 is 15.0 Å². The second-order valence-electron chi connectivity index (χ2n) is 10.2. The zero-order valence-electron chi connectivity index (χ0n) is 23.2. The van der Waals surface area contributed by atoms with Crippen molar-refractivity contribution >= 4 is 35.6 Å². The van der Waals surface area contributed by atoms with E-state index >= 15 is 0 Å². The van der Waals surface area contributed by atoms with Crippen LogP contribution in [-0.2, 0) is 25.5 Å². The Hall–Kier alpha value is -4.95. The number of hydrogen-bond donors (Lipinski definition) is 1. The molecular formula is C35H29N3O4S. The van der Waals surface area contributed by atoms with Gasteiger partial charge >= 0.3 is 5.97 Å². The van der Waals surface area contributed by atoms with Crippen LogP contribution in [0, 0.1) is 0 Å². The minimum absolute atomic E-state index is 0.164. The molecular weight excluding hydrogens is 558 g/mol. The minimum Gasteiger partial charge on any atom is -0.451 e. The van der Waals surface area contributed by atoms with Gasteiger partial charge in [-0.2, -0.15) is 0 Å². The summed E-state index contributed by atoms with van der Waals surface area (Å²) in [6.07, 6.45) is 4.80. The molecule has 2 aliphatic rings. The van der Waals surface area contributed by atoms with E-state index in [1.165, 1.54) is 16.7 Å². The third-order valence-electron chi connectivity index (χ3n) is 7.34. The Balaban J connectivity index is 1.27. The fraction of sp³-hybridized carbons (Fsp3) is 0.143. The smallest absolute Gasteiger partial charge is 0.334 e. The molecule has 0 aliphatic carbocycles. The maximum absolute atomic E-state index is 14.1. The first-order valence-electron chi connectivity index (χ1n) is 14.0. The highest BCUT2D eigenvalue weighted by molar-refractivity contribution is 8.03. The molecule has 2 amide bonds. The molecule has 0 spiro atoms. The van der Waals surface area contributed by atoms with Crippen LogP contribution in [0.15, 0.2) is 132 Å². The number of nitrogens with zero attached hydrogens (tertiary/aromatic N) is 2. The average Bonchev–Trinajstić information content (AvgIpc) is 3.06. The van der Waals surface area contributed by atoms with Gasteiger partial charge in [-0.05, 0) is 45.9 Å². The number of ether oxygens (including phenoxy) is 1. The first-order chi connectivity index (χ1) is 21.1. The molecule has 6 rings (SSSR count). The lowest BCUT2D eigenvalue weighted by Crippen LogP contribution is -2.74. The Morgan fingerprint density at radius 3 is 2.12 bits per heavy atom. The van der Waals surface area contributed by atoms with Gasteiger partial charge in [0.2, 0.25) is 11.8 Å². The van der Waals surface area contributed by atoms with E-state index in [4.69, 9.17) is 4.74 Å². The Kier molecular flexibility index (Phi) is 8.47. The summed E-state index contributed by atoms with van der Waals surface area (Å²) in [5.74, 6) is -1.13. The number of aromatic nitrogens is 1. The molecule has 0 radical (unpaired) electrons. The van der Waals surface area contributed by atoms with Gasteiger partial charge in [-0.3, -0.25) is 14.6 Å². The second kappa shape index (κ2) is 12.9. The molecule has 0 bridgehead atoms. The first-order valence-corrected chi connectivity index (χ1v) is 14.9. The van der Waals surface area contributed by atoms with E-state index in [1.807, 2.05) is 121 Å². The van der Waals surface area contributed by atoms with Gasteiger partial charge in [0.25, 0.3) is 0 Å². The number of β-lactam (4-membered cyclic amide) rings is 1. The third-order valence-corrected chi connectivity index (χ3v) is 8.52. The molecule has 8 heteroatoms. The van der Waals surface area contributed by atoms with Crippen LogP contribution in [0.1, 0.15) is 28.5 Å². The number of esters is 1. The fourth-order valence-corrected chi connectivity index (χ4v) is 6.42. The topological polar surface area (TPSA) is 88.6 Å². The highest BCUT2D eigenvalue weighted by Crippen LogP contribution is 2.41. The summed E-state index contributed by atoms with van der Waals surface area (Å²) in [6, 6.07) is 32.3. The first kappa shape index (κ1) is 28.2. The van der Waals surface area contributed by atoms with E-state index in [2.05, 4.69) is 10.3 Å². The molecule has 3 atom stereocenters. The largest absolute Gasteiger partial charge is 0.451 e. The lowest BCUT2D eigenvalue weighted by atomic mass is 9.96. The Morgan fingerprint density at radius 1 is 0.860 bits per heavy atom.